The van der Waals surface area contributed by atoms with Crippen molar-refractivity contribution < 1.29 is 32.5 Å². The number of aryl methyl sites for hydroxylation is 1. The number of methoxy groups -OCH3 is 1. The fourth-order valence-electron chi connectivity index (χ4n) is 9.07. The number of likely N-dealkylation sites (tertiary alicyclic amines) is 1. The SMILES string of the molecule is COc1nc(-c2c(Cl)c(C)cc3[nH]ncc23)c(F)c2nc(OCC34CCCC3N(C3CCC(F)(F)CC3)CCC4)nc(N3CCOCC(O)C3)c12. The monoisotopic (exact) mass is 729 g/mol. The van der Waals surface area contributed by atoms with Crippen LogP contribution >= 0.6 is 11.6 Å². The number of halogens is 4. The van der Waals surface area contributed by atoms with Crippen molar-refractivity contribution in [3.63, 3.8) is 0 Å². The average molecular weight is 730 g/mol. The van der Waals surface area contributed by atoms with Crippen LogP contribution in [0.4, 0.5) is 19.0 Å². The van der Waals surface area contributed by atoms with Gasteiger partial charge in [-0.1, -0.05) is 18.0 Å². The first-order valence-corrected chi connectivity index (χ1v) is 18.3. The molecule has 4 fully saturated rings. The third-order valence-corrected chi connectivity index (χ3v) is 12.0. The molecule has 1 aromatic carbocycles. The van der Waals surface area contributed by atoms with E-state index in [1.165, 1.54) is 7.11 Å². The first-order chi connectivity index (χ1) is 24.6. The molecule has 15 heteroatoms. The summed E-state index contributed by atoms with van der Waals surface area (Å²) < 4.78 is 63.2. The summed E-state index contributed by atoms with van der Waals surface area (Å²) in [5.41, 5.74) is 1.43. The Bertz CT molecular complexity index is 1940. The van der Waals surface area contributed by atoms with Crippen molar-refractivity contribution >= 4 is 39.2 Å². The molecule has 3 unspecified atom stereocenters. The van der Waals surface area contributed by atoms with Crippen molar-refractivity contribution in [1.29, 1.82) is 0 Å². The number of nitrogens with one attached hydrogen (secondary N) is 1. The number of hydrogen-bond donors (Lipinski definition) is 2. The van der Waals surface area contributed by atoms with Crippen LogP contribution in [-0.2, 0) is 4.74 Å². The highest BCUT2D eigenvalue weighted by Crippen LogP contribution is 2.51. The van der Waals surface area contributed by atoms with E-state index in [4.69, 9.17) is 35.8 Å². The van der Waals surface area contributed by atoms with Gasteiger partial charge in [0.15, 0.2) is 5.82 Å². The van der Waals surface area contributed by atoms with Gasteiger partial charge in [0.25, 0.3) is 0 Å². The lowest BCUT2D eigenvalue weighted by Crippen LogP contribution is -2.56. The number of benzene rings is 1. The molecule has 5 heterocycles. The van der Waals surface area contributed by atoms with Gasteiger partial charge < -0.3 is 24.2 Å². The van der Waals surface area contributed by atoms with Gasteiger partial charge in [0, 0.05) is 54.4 Å². The molecule has 8 rings (SSSR count). The molecule has 2 saturated heterocycles. The highest BCUT2D eigenvalue weighted by Gasteiger charge is 2.51. The van der Waals surface area contributed by atoms with Crippen LogP contribution in [0.25, 0.3) is 33.1 Å². The van der Waals surface area contributed by atoms with Crippen LogP contribution in [-0.4, -0.2) is 106 Å². The molecule has 4 aromatic rings. The number of piperidine rings is 1. The number of pyridine rings is 1. The molecule has 4 aliphatic rings. The second kappa shape index (κ2) is 13.5. The number of aromatic amines is 1. The average Bonchev–Trinajstić information content (AvgIpc) is 3.71. The number of ether oxygens (including phenoxy) is 3. The normalized spacial score (nSPS) is 26.1. The second-order valence-corrected chi connectivity index (χ2v) is 15.1. The van der Waals surface area contributed by atoms with Crippen LogP contribution in [0.2, 0.25) is 5.02 Å². The van der Waals surface area contributed by atoms with E-state index in [-0.39, 0.29) is 72.0 Å². The minimum Gasteiger partial charge on any atom is -0.480 e. The summed E-state index contributed by atoms with van der Waals surface area (Å²) in [6.07, 6.45) is 6.45. The number of nitrogens with zero attached hydrogens (tertiary/aromatic N) is 6. The van der Waals surface area contributed by atoms with Gasteiger partial charge in [-0.05, 0) is 63.6 Å². The van der Waals surface area contributed by atoms with E-state index < -0.39 is 17.8 Å². The maximum absolute atomic E-state index is 17.1. The van der Waals surface area contributed by atoms with Gasteiger partial charge in [0.1, 0.15) is 22.4 Å². The van der Waals surface area contributed by atoms with E-state index in [0.717, 1.165) is 38.6 Å². The summed E-state index contributed by atoms with van der Waals surface area (Å²) in [5.74, 6) is -2.90. The molecule has 0 amide bonds. The third kappa shape index (κ3) is 6.25. The van der Waals surface area contributed by atoms with Gasteiger partial charge in [-0.2, -0.15) is 15.1 Å². The second-order valence-electron chi connectivity index (χ2n) is 14.7. The van der Waals surface area contributed by atoms with E-state index in [9.17, 15) is 13.9 Å². The smallest absolute Gasteiger partial charge is 0.319 e. The summed E-state index contributed by atoms with van der Waals surface area (Å²) in [5, 5.41) is 18.9. The molecule has 2 saturated carbocycles. The summed E-state index contributed by atoms with van der Waals surface area (Å²) >= 11 is 6.83. The Balaban J connectivity index is 1.21. The predicted molar refractivity (Wildman–Crippen MR) is 186 cm³/mol. The molecule has 0 bridgehead atoms. The van der Waals surface area contributed by atoms with Crippen LogP contribution < -0.4 is 14.4 Å². The highest BCUT2D eigenvalue weighted by molar-refractivity contribution is 6.35. The maximum Gasteiger partial charge on any atom is 0.319 e. The fourth-order valence-corrected chi connectivity index (χ4v) is 9.31. The number of aromatic nitrogens is 5. The third-order valence-electron chi connectivity index (χ3n) is 11.5. The molecule has 2 aliphatic carbocycles. The van der Waals surface area contributed by atoms with Gasteiger partial charge >= 0.3 is 6.01 Å². The van der Waals surface area contributed by atoms with Gasteiger partial charge in [0.2, 0.25) is 11.8 Å². The summed E-state index contributed by atoms with van der Waals surface area (Å²) in [6, 6.07) is 2.17. The predicted octanol–water partition coefficient (Wildman–Crippen LogP) is 6.47. The Kier molecular flexibility index (Phi) is 9.17. The molecule has 0 radical (unpaired) electrons. The zero-order chi connectivity index (χ0) is 35.5. The quantitative estimate of drug-likeness (QED) is 0.219. The first-order valence-electron chi connectivity index (χ1n) is 17.9. The number of aliphatic hydroxyl groups is 1. The van der Waals surface area contributed by atoms with E-state index in [1.807, 2.05) is 17.9 Å². The van der Waals surface area contributed by atoms with Crippen LogP contribution in [0, 0.1) is 18.2 Å². The van der Waals surface area contributed by atoms with Crippen LogP contribution in [0.15, 0.2) is 12.3 Å². The topological polar surface area (TPSA) is 122 Å². The zero-order valence-corrected chi connectivity index (χ0v) is 29.6. The van der Waals surface area contributed by atoms with Gasteiger partial charge in [0.05, 0.1) is 49.8 Å². The maximum atomic E-state index is 17.1. The Morgan fingerprint density at radius 3 is 2.71 bits per heavy atom. The summed E-state index contributed by atoms with van der Waals surface area (Å²) in [4.78, 5) is 18.5. The molecular formula is C36H43ClF3N7O4. The molecular weight excluding hydrogens is 687 g/mol. The van der Waals surface area contributed by atoms with Gasteiger partial charge in [-0.25, -0.2) is 18.2 Å². The number of H-pyrrole nitrogens is 1. The molecule has 2 aliphatic heterocycles. The molecule has 11 nitrogen and oxygen atoms in total. The summed E-state index contributed by atoms with van der Waals surface area (Å²) in [6.45, 7) is 4.05. The molecule has 3 atom stereocenters. The van der Waals surface area contributed by atoms with Crippen LogP contribution in [0.3, 0.4) is 0 Å². The lowest BCUT2D eigenvalue weighted by molar-refractivity contribution is -0.0801. The largest absolute Gasteiger partial charge is 0.480 e. The number of rotatable bonds is 7. The number of aliphatic hydroxyl groups excluding tert-OH is 1. The standard InChI is InChI=1S/C36H43ClF3N7O4/c1-20-15-24-23(16-41-45-24)26(28(20)37)30-29(38)31-27(33(42-30)49-2)32(46-13-14-50-18-22(48)17-46)44-34(43-31)51-19-35-8-3-5-25(35)47(12-4-9-35)21-6-10-36(39,40)11-7-21/h15-16,21-22,25,48H,3-14,17-19H2,1-2H3,(H,41,45). The van der Waals surface area contributed by atoms with Crippen molar-refractivity contribution in [2.45, 2.75) is 88.8 Å². The highest BCUT2D eigenvalue weighted by atomic mass is 35.5. The number of hydrogen-bond acceptors (Lipinski definition) is 10. The Morgan fingerprint density at radius 1 is 1.10 bits per heavy atom. The van der Waals surface area contributed by atoms with Crippen LogP contribution in [0.5, 0.6) is 11.9 Å². The molecule has 3 aromatic heterocycles. The Morgan fingerprint density at radius 2 is 1.90 bits per heavy atom. The van der Waals surface area contributed by atoms with Crippen molar-refractivity contribution in [1.82, 2.24) is 30.0 Å². The van der Waals surface area contributed by atoms with E-state index in [0.29, 0.717) is 65.5 Å². The lowest BCUT2D eigenvalue weighted by Gasteiger charge is -2.50. The zero-order valence-electron chi connectivity index (χ0n) is 28.9. The minimum absolute atomic E-state index is 0.00601. The van der Waals surface area contributed by atoms with Crippen LogP contribution in [0.1, 0.15) is 63.4 Å². The number of anilines is 1. The van der Waals surface area contributed by atoms with Crippen molar-refractivity contribution in [2.75, 3.05) is 51.5 Å². The number of fused-ring (bicyclic) bond motifs is 3. The molecule has 2 N–H and O–H groups in total. The van der Waals surface area contributed by atoms with E-state index in [2.05, 4.69) is 20.1 Å². The lowest BCUT2D eigenvalue weighted by atomic mass is 9.74. The van der Waals surface area contributed by atoms with Crippen molar-refractivity contribution in [3.8, 4) is 23.1 Å². The number of alkyl halides is 2. The molecule has 51 heavy (non-hydrogen) atoms. The van der Waals surface area contributed by atoms with Crippen molar-refractivity contribution in [2.24, 2.45) is 5.41 Å². The Labute approximate surface area is 298 Å². The molecule has 0 spiro atoms. The van der Waals surface area contributed by atoms with Crippen molar-refractivity contribution in [3.05, 3.63) is 28.7 Å². The van der Waals surface area contributed by atoms with E-state index in [1.54, 1.807) is 6.20 Å². The summed E-state index contributed by atoms with van der Waals surface area (Å²) in [7, 11) is 1.45. The van der Waals surface area contributed by atoms with Gasteiger partial charge in [-0.15, -0.1) is 0 Å². The van der Waals surface area contributed by atoms with Gasteiger partial charge in [-0.3, -0.25) is 10.00 Å². The first kappa shape index (κ1) is 34.6. The fraction of sp³-hybridized carbons (Fsp3) is 0.611. The Hall–Kier alpha value is -3.46. The minimum atomic E-state index is -2.58. The van der Waals surface area contributed by atoms with E-state index >= 15 is 4.39 Å². The molecule has 274 valence electrons. The number of β-amino-alcohol motifs (C(OH)–C–C–N with tert-alkyl or cyclic N) is 1.